The molecular formula is C14H17NO2. The summed E-state index contributed by atoms with van der Waals surface area (Å²) in [4.78, 5) is 13.2. The highest BCUT2D eigenvalue weighted by atomic mass is 16.4. The average Bonchev–Trinajstić information content (AvgIpc) is 2.82. The third kappa shape index (κ3) is 2.94. The van der Waals surface area contributed by atoms with E-state index in [1.807, 2.05) is 24.3 Å². The van der Waals surface area contributed by atoms with E-state index in [4.69, 9.17) is 5.11 Å². The van der Waals surface area contributed by atoms with E-state index in [9.17, 15) is 4.79 Å². The van der Waals surface area contributed by atoms with Gasteiger partial charge in [-0.2, -0.15) is 0 Å². The summed E-state index contributed by atoms with van der Waals surface area (Å²) in [6.07, 6.45) is 4.34. The monoisotopic (exact) mass is 231 g/mol. The standard InChI is InChI=1S/C14H17NO2/c1-11(14(16)17)13-6-4-12(5-7-13)10-15-8-2-3-9-15/h2-7,11H,8-10H2,1H3,(H,16,17). The molecule has 1 atom stereocenters. The molecule has 90 valence electrons. The van der Waals surface area contributed by atoms with Gasteiger partial charge in [0.15, 0.2) is 0 Å². The van der Waals surface area contributed by atoms with Crippen LogP contribution in [0.5, 0.6) is 0 Å². The number of carboxylic acids is 1. The van der Waals surface area contributed by atoms with Crippen LogP contribution < -0.4 is 0 Å². The van der Waals surface area contributed by atoms with Gasteiger partial charge in [-0.25, -0.2) is 0 Å². The molecule has 3 nitrogen and oxygen atoms in total. The lowest BCUT2D eigenvalue weighted by Gasteiger charge is -2.15. The lowest BCUT2D eigenvalue weighted by Crippen LogP contribution is -2.19. The predicted molar refractivity (Wildman–Crippen MR) is 66.9 cm³/mol. The number of carbonyl (C=O) groups is 1. The van der Waals surface area contributed by atoms with Crippen LogP contribution in [0.3, 0.4) is 0 Å². The van der Waals surface area contributed by atoms with Crippen molar-refractivity contribution in [3.05, 3.63) is 47.5 Å². The molecule has 0 radical (unpaired) electrons. The Balaban J connectivity index is 2.00. The normalized spacial score (nSPS) is 17.2. The second-order valence-corrected chi connectivity index (χ2v) is 4.47. The van der Waals surface area contributed by atoms with Crippen LogP contribution >= 0.6 is 0 Å². The number of rotatable bonds is 4. The summed E-state index contributed by atoms with van der Waals surface area (Å²) in [5, 5.41) is 8.92. The molecule has 1 aromatic rings. The molecule has 0 fully saturated rings. The highest BCUT2D eigenvalue weighted by Crippen LogP contribution is 2.17. The minimum atomic E-state index is -0.776. The van der Waals surface area contributed by atoms with E-state index in [-0.39, 0.29) is 0 Å². The molecular weight excluding hydrogens is 214 g/mol. The van der Waals surface area contributed by atoms with Gasteiger partial charge in [-0.05, 0) is 18.1 Å². The molecule has 0 saturated carbocycles. The van der Waals surface area contributed by atoms with Gasteiger partial charge in [0.05, 0.1) is 5.92 Å². The van der Waals surface area contributed by atoms with Crippen LogP contribution in [0.2, 0.25) is 0 Å². The number of benzene rings is 1. The Morgan fingerprint density at radius 1 is 1.29 bits per heavy atom. The topological polar surface area (TPSA) is 40.5 Å². The number of hydrogen-bond acceptors (Lipinski definition) is 2. The maximum atomic E-state index is 10.8. The summed E-state index contributed by atoms with van der Waals surface area (Å²) < 4.78 is 0. The lowest BCUT2D eigenvalue weighted by atomic mass is 10.00. The van der Waals surface area contributed by atoms with E-state index in [1.54, 1.807) is 6.92 Å². The van der Waals surface area contributed by atoms with Gasteiger partial charge in [0.25, 0.3) is 0 Å². The van der Waals surface area contributed by atoms with Crippen molar-refractivity contribution in [3.8, 4) is 0 Å². The first-order valence-electron chi connectivity index (χ1n) is 5.86. The molecule has 0 saturated heterocycles. The van der Waals surface area contributed by atoms with Crippen LogP contribution in [-0.2, 0) is 11.3 Å². The first-order chi connectivity index (χ1) is 8.16. The van der Waals surface area contributed by atoms with Crippen molar-refractivity contribution in [2.75, 3.05) is 13.1 Å². The largest absolute Gasteiger partial charge is 0.481 e. The molecule has 1 unspecified atom stereocenters. The Morgan fingerprint density at radius 2 is 1.88 bits per heavy atom. The van der Waals surface area contributed by atoms with Crippen molar-refractivity contribution in [3.63, 3.8) is 0 Å². The Morgan fingerprint density at radius 3 is 2.41 bits per heavy atom. The fourth-order valence-corrected chi connectivity index (χ4v) is 1.96. The van der Waals surface area contributed by atoms with Gasteiger partial charge in [-0.1, -0.05) is 36.4 Å². The summed E-state index contributed by atoms with van der Waals surface area (Å²) in [5.41, 5.74) is 2.09. The molecule has 0 amide bonds. The smallest absolute Gasteiger partial charge is 0.310 e. The summed E-state index contributed by atoms with van der Waals surface area (Å²) in [6.45, 7) is 4.65. The van der Waals surface area contributed by atoms with Crippen LogP contribution in [0.4, 0.5) is 0 Å². The van der Waals surface area contributed by atoms with Crippen molar-refractivity contribution >= 4 is 5.97 Å². The quantitative estimate of drug-likeness (QED) is 0.808. The number of hydrogen-bond donors (Lipinski definition) is 1. The lowest BCUT2D eigenvalue weighted by molar-refractivity contribution is -0.138. The predicted octanol–water partition coefficient (Wildman–Crippen LogP) is 2.25. The molecule has 2 rings (SSSR count). The van der Waals surface area contributed by atoms with Crippen LogP contribution in [0.1, 0.15) is 24.0 Å². The Labute approximate surface area is 101 Å². The van der Waals surface area contributed by atoms with E-state index in [0.717, 1.165) is 25.2 Å². The Kier molecular flexibility index (Phi) is 3.59. The maximum Gasteiger partial charge on any atom is 0.310 e. The van der Waals surface area contributed by atoms with Crippen molar-refractivity contribution in [2.45, 2.75) is 19.4 Å². The zero-order valence-corrected chi connectivity index (χ0v) is 9.97. The van der Waals surface area contributed by atoms with Crippen molar-refractivity contribution in [1.29, 1.82) is 0 Å². The van der Waals surface area contributed by atoms with Gasteiger partial charge >= 0.3 is 5.97 Å². The zero-order valence-electron chi connectivity index (χ0n) is 9.97. The highest BCUT2D eigenvalue weighted by Gasteiger charge is 2.13. The molecule has 0 aromatic heterocycles. The fourth-order valence-electron chi connectivity index (χ4n) is 1.96. The van der Waals surface area contributed by atoms with E-state index in [0.29, 0.717) is 0 Å². The second kappa shape index (κ2) is 5.15. The minimum absolute atomic E-state index is 0.433. The van der Waals surface area contributed by atoms with Gasteiger partial charge in [-0.3, -0.25) is 9.69 Å². The third-order valence-corrected chi connectivity index (χ3v) is 3.15. The summed E-state index contributed by atoms with van der Waals surface area (Å²) in [5.74, 6) is -1.21. The third-order valence-electron chi connectivity index (χ3n) is 3.15. The van der Waals surface area contributed by atoms with Gasteiger partial charge in [-0.15, -0.1) is 0 Å². The molecule has 1 aliphatic rings. The summed E-state index contributed by atoms with van der Waals surface area (Å²) in [6, 6.07) is 7.87. The van der Waals surface area contributed by atoms with Crippen LogP contribution in [0, 0.1) is 0 Å². The molecule has 1 heterocycles. The molecule has 1 N–H and O–H groups in total. The van der Waals surface area contributed by atoms with E-state index in [1.165, 1.54) is 5.56 Å². The van der Waals surface area contributed by atoms with Crippen LogP contribution in [0.25, 0.3) is 0 Å². The van der Waals surface area contributed by atoms with Gasteiger partial charge < -0.3 is 5.11 Å². The first-order valence-corrected chi connectivity index (χ1v) is 5.86. The average molecular weight is 231 g/mol. The highest BCUT2D eigenvalue weighted by molar-refractivity contribution is 5.75. The van der Waals surface area contributed by atoms with Crippen molar-refractivity contribution in [1.82, 2.24) is 4.90 Å². The molecule has 0 spiro atoms. The molecule has 1 aromatic carbocycles. The summed E-state index contributed by atoms with van der Waals surface area (Å²) in [7, 11) is 0. The molecule has 0 aliphatic carbocycles. The number of aliphatic carboxylic acids is 1. The zero-order chi connectivity index (χ0) is 12.3. The fraction of sp³-hybridized carbons (Fsp3) is 0.357. The van der Waals surface area contributed by atoms with Crippen molar-refractivity contribution in [2.24, 2.45) is 0 Å². The number of nitrogens with zero attached hydrogens (tertiary/aromatic N) is 1. The minimum Gasteiger partial charge on any atom is -0.481 e. The second-order valence-electron chi connectivity index (χ2n) is 4.47. The first kappa shape index (κ1) is 11.9. The maximum absolute atomic E-state index is 10.8. The Hall–Kier alpha value is -1.61. The number of carboxylic acid groups (broad SMARTS) is 1. The van der Waals surface area contributed by atoms with Gasteiger partial charge in [0.1, 0.15) is 0 Å². The molecule has 0 bridgehead atoms. The van der Waals surface area contributed by atoms with E-state index >= 15 is 0 Å². The van der Waals surface area contributed by atoms with E-state index < -0.39 is 11.9 Å². The van der Waals surface area contributed by atoms with Gasteiger partial charge in [0.2, 0.25) is 0 Å². The van der Waals surface area contributed by atoms with Crippen LogP contribution in [0.15, 0.2) is 36.4 Å². The van der Waals surface area contributed by atoms with E-state index in [2.05, 4.69) is 17.1 Å². The SMILES string of the molecule is CC(C(=O)O)c1ccc(CN2CC=CC2)cc1. The van der Waals surface area contributed by atoms with Gasteiger partial charge in [0, 0.05) is 19.6 Å². The van der Waals surface area contributed by atoms with Crippen molar-refractivity contribution < 1.29 is 9.90 Å². The Bertz CT molecular complexity index is 414. The van der Waals surface area contributed by atoms with Crippen LogP contribution in [-0.4, -0.2) is 29.1 Å². The molecule has 17 heavy (non-hydrogen) atoms. The summed E-state index contributed by atoms with van der Waals surface area (Å²) >= 11 is 0. The molecule has 1 aliphatic heterocycles. The molecule has 3 heteroatoms.